The van der Waals surface area contributed by atoms with E-state index in [2.05, 4.69) is 0 Å². The second-order valence-electron chi connectivity index (χ2n) is 6.40. The number of ether oxygens (including phenoxy) is 1. The molecule has 1 N–H and O–H groups in total. The first kappa shape index (κ1) is 16.8. The number of hydrogen-bond acceptors (Lipinski definition) is 3. The lowest BCUT2D eigenvalue weighted by atomic mass is 9.91. The standard InChI is InChI=1S/C18H27NO3/c1-12-9-10-13(2)17(11-12)22-14(3)18(21)19(4)15-7-5-6-8-16(15)20/h9-11,14-16,20H,5-8H2,1-4H3/t14-,15+,16+/m1/s1. The molecule has 0 aliphatic heterocycles. The minimum atomic E-state index is -0.556. The third kappa shape index (κ3) is 3.80. The fraction of sp³-hybridized carbons (Fsp3) is 0.611. The molecule has 22 heavy (non-hydrogen) atoms. The van der Waals surface area contributed by atoms with E-state index >= 15 is 0 Å². The maximum atomic E-state index is 12.6. The number of amides is 1. The largest absolute Gasteiger partial charge is 0.481 e. The van der Waals surface area contributed by atoms with Gasteiger partial charge in [-0.25, -0.2) is 0 Å². The molecule has 0 radical (unpaired) electrons. The Morgan fingerprint density at radius 3 is 2.68 bits per heavy atom. The van der Waals surface area contributed by atoms with Gasteiger partial charge < -0.3 is 14.7 Å². The van der Waals surface area contributed by atoms with Crippen LogP contribution in [0, 0.1) is 13.8 Å². The number of aryl methyl sites for hydroxylation is 2. The van der Waals surface area contributed by atoms with Gasteiger partial charge in [-0.1, -0.05) is 25.0 Å². The Balaban J connectivity index is 2.03. The molecule has 0 heterocycles. The molecule has 1 fully saturated rings. The quantitative estimate of drug-likeness (QED) is 0.930. The van der Waals surface area contributed by atoms with Crippen molar-refractivity contribution in [2.75, 3.05) is 7.05 Å². The lowest BCUT2D eigenvalue weighted by Crippen LogP contribution is -2.50. The highest BCUT2D eigenvalue weighted by atomic mass is 16.5. The van der Waals surface area contributed by atoms with Crippen molar-refractivity contribution >= 4 is 5.91 Å². The summed E-state index contributed by atoms with van der Waals surface area (Å²) in [5.41, 5.74) is 2.13. The van der Waals surface area contributed by atoms with Crippen LogP contribution in [-0.4, -0.2) is 41.2 Å². The first-order valence-electron chi connectivity index (χ1n) is 8.09. The number of aliphatic hydroxyl groups is 1. The predicted octanol–water partition coefficient (Wildman–Crippen LogP) is 2.83. The average molecular weight is 305 g/mol. The number of aliphatic hydroxyl groups excluding tert-OH is 1. The molecule has 1 amide bonds. The smallest absolute Gasteiger partial charge is 0.263 e. The highest BCUT2D eigenvalue weighted by molar-refractivity contribution is 5.81. The van der Waals surface area contributed by atoms with Crippen LogP contribution in [0.5, 0.6) is 5.75 Å². The summed E-state index contributed by atoms with van der Waals surface area (Å²) in [7, 11) is 1.77. The molecule has 1 saturated carbocycles. The van der Waals surface area contributed by atoms with Crippen molar-refractivity contribution in [1.29, 1.82) is 0 Å². The third-order valence-electron chi connectivity index (χ3n) is 4.53. The molecule has 0 aromatic heterocycles. The van der Waals surface area contributed by atoms with E-state index in [1.54, 1.807) is 18.9 Å². The Bertz CT molecular complexity index is 529. The number of carbonyl (C=O) groups excluding carboxylic acids is 1. The molecule has 0 bridgehead atoms. The zero-order valence-electron chi connectivity index (χ0n) is 14.0. The highest BCUT2D eigenvalue weighted by Gasteiger charge is 2.32. The third-order valence-corrected chi connectivity index (χ3v) is 4.53. The van der Waals surface area contributed by atoms with Crippen molar-refractivity contribution in [2.24, 2.45) is 0 Å². The van der Waals surface area contributed by atoms with Crippen LogP contribution in [0.1, 0.15) is 43.7 Å². The summed E-state index contributed by atoms with van der Waals surface area (Å²) < 4.78 is 5.86. The van der Waals surface area contributed by atoms with Gasteiger partial charge in [-0.05, 0) is 50.8 Å². The molecule has 2 rings (SSSR count). The Morgan fingerprint density at radius 2 is 2.00 bits per heavy atom. The van der Waals surface area contributed by atoms with Crippen molar-refractivity contribution < 1.29 is 14.6 Å². The van der Waals surface area contributed by atoms with Crippen LogP contribution in [0.25, 0.3) is 0 Å². The number of rotatable bonds is 4. The maximum absolute atomic E-state index is 12.6. The fourth-order valence-corrected chi connectivity index (χ4v) is 3.07. The minimum Gasteiger partial charge on any atom is -0.481 e. The molecule has 122 valence electrons. The van der Waals surface area contributed by atoms with Gasteiger partial charge >= 0.3 is 0 Å². The Labute approximate surface area is 133 Å². The van der Waals surface area contributed by atoms with Gasteiger partial charge in [0.25, 0.3) is 5.91 Å². The molecular weight excluding hydrogens is 278 g/mol. The van der Waals surface area contributed by atoms with Crippen LogP contribution in [0.3, 0.4) is 0 Å². The van der Waals surface area contributed by atoms with Gasteiger partial charge in [-0.15, -0.1) is 0 Å². The van der Waals surface area contributed by atoms with Gasteiger partial charge in [0.05, 0.1) is 12.1 Å². The van der Waals surface area contributed by atoms with E-state index in [0.29, 0.717) is 0 Å². The second-order valence-corrected chi connectivity index (χ2v) is 6.40. The van der Waals surface area contributed by atoms with Gasteiger partial charge in [-0.2, -0.15) is 0 Å². The molecule has 0 spiro atoms. The van der Waals surface area contributed by atoms with Crippen molar-refractivity contribution in [3.8, 4) is 5.75 Å². The van der Waals surface area contributed by atoms with Crippen molar-refractivity contribution in [3.63, 3.8) is 0 Å². The van der Waals surface area contributed by atoms with Gasteiger partial charge in [-0.3, -0.25) is 4.79 Å². The summed E-state index contributed by atoms with van der Waals surface area (Å²) in [6.07, 6.45) is 2.75. The molecule has 1 aromatic rings. The predicted molar refractivity (Wildman–Crippen MR) is 87.0 cm³/mol. The summed E-state index contributed by atoms with van der Waals surface area (Å²) in [5, 5.41) is 10.1. The molecule has 1 aliphatic carbocycles. The van der Waals surface area contributed by atoms with E-state index in [0.717, 1.165) is 42.6 Å². The Hall–Kier alpha value is -1.55. The van der Waals surface area contributed by atoms with Gasteiger partial charge in [0.2, 0.25) is 0 Å². The molecule has 0 unspecified atom stereocenters. The summed E-state index contributed by atoms with van der Waals surface area (Å²) in [6.45, 7) is 5.75. The molecular formula is C18H27NO3. The van der Waals surface area contributed by atoms with Gasteiger partial charge in [0.15, 0.2) is 6.10 Å². The van der Waals surface area contributed by atoms with Gasteiger partial charge in [0.1, 0.15) is 5.75 Å². The molecule has 1 aliphatic rings. The molecule has 4 heteroatoms. The lowest BCUT2D eigenvalue weighted by molar-refractivity contribution is -0.142. The summed E-state index contributed by atoms with van der Waals surface area (Å²) in [5.74, 6) is 0.672. The fourth-order valence-electron chi connectivity index (χ4n) is 3.07. The summed E-state index contributed by atoms with van der Waals surface area (Å²) in [6, 6.07) is 5.88. The lowest BCUT2D eigenvalue weighted by Gasteiger charge is -2.36. The topological polar surface area (TPSA) is 49.8 Å². The molecule has 3 atom stereocenters. The average Bonchev–Trinajstić information content (AvgIpc) is 2.50. The van der Waals surface area contributed by atoms with Crippen LogP contribution in [0.2, 0.25) is 0 Å². The van der Waals surface area contributed by atoms with E-state index in [-0.39, 0.29) is 11.9 Å². The SMILES string of the molecule is Cc1ccc(C)c(O[C@H](C)C(=O)N(C)[C@H]2CCCC[C@@H]2O)c1. The van der Waals surface area contributed by atoms with Crippen LogP contribution in [-0.2, 0) is 4.79 Å². The van der Waals surface area contributed by atoms with Crippen molar-refractivity contribution in [1.82, 2.24) is 4.90 Å². The monoisotopic (exact) mass is 305 g/mol. The van der Waals surface area contributed by atoms with E-state index < -0.39 is 12.2 Å². The Kier molecular flexibility index (Phi) is 5.46. The number of hydrogen-bond donors (Lipinski definition) is 1. The number of carbonyl (C=O) groups is 1. The van der Waals surface area contributed by atoms with Crippen molar-refractivity contribution in [2.45, 2.75) is 64.7 Å². The van der Waals surface area contributed by atoms with E-state index in [4.69, 9.17) is 4.74 Å². The number of benzene rings is 1. The van der Waals surface area contributed by atoms with Gasteiger partial charge in [0, 0.05) is 7.05 Å². The van der Waals surface area contributed by atoms with Crippen LogP contribution < -0.4 is 4.74 Å². The summed E-state index contributed by atoms with van der Waals surface area (Å²) >= 11 is 0. The highest BCUT2D eigenvalue weighted by Crippen LogP contribution is 2.24. The normalized spacial score (nSPS) is 23.0. The van der Waals surface area contributed by atoms with E-state index in [1.807, 2.05) is 32.0 Å². The van der Waals surface area contributed by atoms with Crippen LogP contribution in [0.4, 0.5) is 0 Å². The number of nitrogens with zero attached hydrogens (tertiary/aromatic N) is 1. The Morgan fingerprint density at radius 1 is 1.32 bits per heavy atom. The molecule has 0 saturated heterocycles. The first-order valence-corrected chi connectivity index (χ1v) is 8.09. The first-order chi connectivity index (χ1) is 10.4. The second kappa shape index (κ2) is 7.14. The number of likely N-dealkylation sites (N-methyl/N-ethyl adjacent to an activating group) is 1. The van der Waals surface area contributed by atoms with Crippen molar-refractivity contribution in [3.05, 3.63) is 29.3 Å². The summed E-state index contributed by atoms with van der Waals surface area (Å²) in [4.78, 5) is 14.2. The zero-order chi connectivity index (χ0) is 16.3. The van der Waals surface area contributed by atoms with Crippen LogP contribution >= 0.6 is 0 Å². The zero-order valence-corrected chi connectivity index (χ0v) is 14.0. The van der Waals surface area contributed by atoms with Crippen LogP contribution in [0.15, 0.2) is 18.2 Å². The molecule has 1 aromatic carbocycles. The maximum Gasteiger partial charge on any atom is 0.263 e. The minimum absolute atomic E-state index is 0.0770. The van der Waals surface area contributed by atoms with E-state index in [1.165, 1.54) is 0 Å². The molecule has 4 nitrogen and oxygen atoms in total. The van der Waals surface area contributed by atoms with E-state index in [9.17, 15) is 9.90 Å².